The third-order valence-corrected chi connectivity index (χ3v) is 6.05. The van der Waals surface area contributed by atoms with Crippen molar-refractivity contribution in [2.45, 2.75) is 65.0 Å². The largest absolute Gasteiger partial charge is 0.502 e. The smallest absolute Gasteiger partial charge is 0.338 e. The van der Waals surface area contributed by atoms with E-state index in [1.807, 2.05) is 6.92 Å². The average Bonchev–Trinajstić information content (AvgIpc) is 2.88. The van der Waals surface area contributed by atoms with Crippen molar-refractivity contribution < 1.29 is 27.8 Å². The standard InChI is InChI=1S/C29H38F2O4/c1-4-22(3)27(31)21-35-29(32)24-14-12-23(13-15-24)25-16-17-28(26(30)20-25)34-19-11-9-7-6-8-10-18-33-5-2/h5,12-17,20,22,27H,2,4,6-11,18-19,21H2,1,3H3/t22-,27-/m0/s1. The molecule has 4 nitrogen and oxygen atoms in total. The summed E-state index contributed by atoms with van der Waals surface area (Å²) < 4.78 is 44.2. The summed E-state index contributed by atoms with van der Waals surface area (Å²) >= 11 is 0. The molecule has 6 heteroatoms. The average molecular weight is 489 g/mol. The third-order valence-electron chi connectivity index (χ3n) is 6.05. The van der Waals surface area contributed by atoms with Crippen molar-refractivity contribution in [2.24, 2.45) is 5.92 Å². The van der Waals surface area contributed by atoms with Crippen LogP contribution in [0.3, 0.4) is 0 Å². The molecule has 0 aliphatic carbocycles. The van der Waals surface area contributed by atoms with Crippen molar-refractivity contribution >= 4 is 5.97 Å². The van der Waals surface area contributed by atoms with Crippen molar-refractivity contribution in [3.8, 4) is 16.9 Å². The highest BCUT2D eigenvalue weighted by Gasteiger charge is 2.17. The third kappa shape index (κ3) is 10.1. The van der Waals surface area contributed by atoms with E-state index in [1.54, 1.807) is 43.3 Å². The Bertz CT molecular complexity index is 898. The second-order valence-electron chi connectivity index (χ2n) is 8.73. The van der Waals surface area contributed by atoms with Gasteiger partial charge in [-0.3, -0.25) is 0 Å². The van der Waals surface area contributed by atoms with E-state index in [0.717, 1.165) is 50.7 Å². The summed E-state index contributed by atoms with van der Waals surface area (Å²) in [5.41, 5.74) is 1.76. The minimum Gasteiger partial charge on any atom is -0.502 e. The fourth-order valence-electron chi connectivity index (χ4n) is 3.51. The van der Waals surface area contributed by atoms with Gasteiger partial charge in [-0.25, -0.2) is 13.6 Å². The van der Waals surface area contributed by atoms with E-state index < -0.39 is 18.0 Å². The lowest BCUT2D eigenvalue weighted by Gasteiger charge is -2.14. The molecule has 0 N–H and O–H groups in total. The predicted octanol–water partition coefficient (Wildman–Crippen LogP) is 7.91. The fraction of sp³-hybridized carbons (Fsp3) is 0.483. The molecular formula is C29H38F2O4. The molecule has 0 amide bonds. The van der Waals surface area contributed by atoms with Gasteiger partial charge in [-0.2, -0.15) is 0 Å². The Kier molecular flexibility index (Phi) is 12.9. The van der Waals surface area contributed by atoms with Gasteiger partial charge in [0.1, 0.15) is 12.8 Å². The van der Waals surface area contributed by atoms with Gasteiger partial charge in [0.25, 0.3) is 0 Å². The molecule has 0 saturated carbocycles. The molecule has 35 heavy (non-hydrogen) atoms. The monoisotopic (exact) mass is 488 g/mol. The first-order chi connectivity index (χ1) is 17.0. The molecule has 0 heterocycles. The highest BCUT2D eigenvalue weighted by molar-refractivity contribution is 5.90. The number of esters is 1. The van der Waals surface area contributed by atoms with E-state index in [0.29, 0.717) is 24.2 Å². The van der Waals surface area contributed by atoms with Gasteiger partial charge in [0.05, 0.1) is 25.0 Å². The molecule has 0 saturated heterocycles. The first kappa shape index (κ1) is 28.3. The maximum Gasteiger partial charge on any atom is 0.338 e. The Morgan fingerprint density at radius 1 is 0.971 bits per heavy atom. The molecule has 0 radical (unpaired) electrons. The summed E-state index contributed by atoms with van der Waals surface area (Å²) in [7, 11) is 0. The van der Waals surface area contributed by atoms with Crippen molar-refractivity contribution in [3.05, 3.63) is 66.7 Å². The lowest BCUT2D eigenvalue weighted by atomic mass is 10.0. The quantitative estimate of drug-likeness (QED) is 0.129. The van der Waals surface area contributed by atoms with Crippen molar-refractivity contribution in [1.82, 2.24) is 0 Å². The first-order valence-corrected chi connectivity index (χ1v) is 12.5. The summed E-state index contributed by atoms with van der Waals surface area (Å²) in [4.78, 5) is 12.2. The topological polar surface area (TPSA) is 44.8 Å². The fourth-order valence-corrected chi connectivity index (χ4v) is 3.51. The van der Waals surface area contributed by atoms with Crippen molar-refractivity contribution in [1.29, 1.82) is 0 Å². The zero-order valence-corrected chi connectivity index (χ0v) is 20.9. The molecular weight excluding hydrogens is 450 g/mol. The maximum atomic E-state index is 14.5. The zero-order valence-electron chi connectivity index (χ0n) is 20.9. The molecule has 0 unspecified atom stereocenters. The number of carbonyl (C=O) groups excluding carboxylic acids is 1. The van der Waals surface area contributed by atoms with Gasteiger partial charge in [-0.1, -0.05) is 70.7 Å². The molecule has 2 aromatic carbocycles. The number of benzene rings is 2. The summed E-state index contributed by atoms with van der Waals surface area (Å²) in [6, 6.07) is 11.5. The van der Waals surface area contributed by atoms with Crippen molar-refractivity contribution in [3.63, 3.8) is 0 Å². The minimum atomic E-state index is -1.18. The zero-order chi connectivity index (χ0) is 25.5. The predicted molar refractivity (Wildman–Crippen MR) is 136 cm³/mol. The molecule has 0 aliphatic heterocycles. The van der Waals surface area contributed by atoms with Crippen LogP contribution in [0.1, 0.15) is 69.2 Å². The number of unbranched alkanes of at least 4 members (excludes halogenated alkanes) is 5. The van der Waals surface area contributed by atoms with E-state index in [4.69, 9.17) is 14.2 Å². The van der Waals surface area contributed by atoms with Crippen LogP contribution < -0.4 is 4.74 Å². The summed E-state index contributed by atoms with van der Waals surface area (Å²) in [6.45, 7) is 8.14. The highest BCUT2D eigenvalue weighted by Crippen LogP contribution is 2.26. The van der Waals surface area contributed by atoms with Crippen LogP contribution in [0.25, 0.3) is 11.1 Å². The molecule has 2 rings (SSSR count). The van der Waals surface area contributed by atoms with Crippen LogP contribution in [-0.2, 0) is 9.47 Å². The van der Waals surface area contributed by atoms with Crippen LogP contribution in [0, 0.1) is 11.7 Å². The second-order valence-corrected chi connectivity index (χ2v) is 8.73. The SMILES string of the molecule is C=COCCCCCCCCOc1ccc(-c2ccc(C(=O)OC[C@H](F)[C@@H](C)CC)cc2)cc1F. The van der Waals surface area contributed by atoms with E-state index in [1.165, 1.54) is 12.3 Å². The van der Waals surface area contributed by atoms with E-state index in [-0.39, 0.29) is 18.3 Å². The Hall–Kier alpha value is -2.89. The number of ether oxygens (including phenoxy) is 3. The van der Waals surface area contributed by atoms with E-state index >= 15 is 0 Å². The normalized spacial score (nSPS) is 12.6. The first-order valence-electron chi connectivity index (χ1n) is 12.5. The minimum absolute atomic E-state index is 0.162. The Balaban J connectivity index is 1.76. The number of hydrogen-bond acceptors (Lipinski definition) is 4. The summed E-state index contributed by atoms with van der Waals surface area (Å²) in [6.07, 6.45) is 7.32. The van der Waals surface area contributed by atoms with Crippen LogP contribution in [-0.4, -0.2) is 32.0 Å². The Labute approximate surface area is 208 Å². The lowest BCUT2D eigenvalue weighted by Crippen LogP contribution is -2.21. The molecule has 0 spiro atoms. The van der Waals surface area contributed by atoms with Gasteiger partial charge in [-0.05, 0) is 54.2 Å². The number of rotatable bonds is 17. The van der Waals surface area contributed by atoms with Crippen LogP contribution in [0.5, 0.6) is 5.75 Å². The van der Waals surface area contributed by atoms with E-state index in [2.05, 4.69) is 6.58 Å². The molecule has 192 valence electrons. The summed E-state index contributed by atoms with van der Waals surface area (Å²) in [5, 5.41) is 0. The van der Waals surface area contributed by atoms with Gasteiger partial charge in [0.2, 0.25) is 0 Å². The Morgan fingerprint density at radius 3 is 2.23 bits per heavy atom. The molecule has 0 bridgehead atoms. The molecule has 0 aromatic heterocycles. The van der Waals surface area contributed by atoms with Crippen LogP contribution >= 0.6 is 0 Å². The number of carbonyl (C=O) groups is 1. The maximum absolute atomic E-state index is 14.5. The number of alkyl halides is 1. The van der Waals surface area contributed by atoms with Gasteiger partial charge in [-0.15, -0.1) is 0 Å². The van der Waals surface area contributed by atoms with E-state index in [9.17, 15) is 13.6 Å². The van der Waals surface area contributed by atoms with Crippen LogP contribution in [0.15, 0.2) is 55.3 Å². The number of hydrogen-bond donors (Lipinski definition) is 0. The van der Waals surface area contributed by atoms with Crippen molar-refractivity contribution in [2.75, 3.05) is 19.8 Å². The molecule has 0 fully saturated rings. The van der Waals surface area contributed by atoms with Gasteiger partial charge in [0.15, 0.2) is 11.6 Å². The Morgan fingerprint density at radius 2 is 1.60 bits per heavy atom. The molecule has 2 aromatic rings. The molecule has 0 aliphatic rings. The van der Waals surface area contributed by atoms with Gasteiger partial charge >= 0.3 is 5.97 Å². The van der Waals surface area contributed by atoms with Gasteiger partial charge < -0.3 is 14.2 Å². The van der Waals surface area contributed by atoms with Crippen LogP contribution in [0.2, 0.25) is 0 Å². The van der Waals surface area contributed by atoms with Gasteiger partial charge in [0, 0.05) is 0 Å². The molecule has 2 atom stereocenters. The lowest BCUT2D eigenvalue weighted by molar-refractivity contribution is 0.0335. The summed E-state index contributed by atoms with van der Waals surface area (Å²) in [5.74, 6) is -0.922. The number of halogens is 2. The van der Waals surface area contributed by atoms with Crippen LogP contribution in [0.4, 0.5) is 8.78 Å². The highest BCUT2D eigenvalue weighted by atomic mass is 19.1. The second kappa shape index (κ2) is 15.9.